The van der Waals surface area contributed by atoms with Gasteiger partial charge in [0.15, 0.2) is 0 Å². The molecule has 5 fully saturated rings. The minimum absolute atomic E-state index is 0.0663. The van der Waals surface area contributed by atoms with Crippen molar-refractivity contribution < 1.29 is 18.0 Å². The molecule has 5 aliphatic rings. The van der Waals surface area contributed by atoms with Crippen molar-refractivity contribution in [3.05, 3.63) is 28.8 Å². The SMILES string of the molecule is NC(=O)c1ccc(S(=O)(=O)N2CCCC2C(=O)NC2C3CC4CC(C3)CC2C4)c(Cl)c1. The summed E-state index contributed by atoms with van der Waals surface area (Å²) in [5.74, 6) is 1.81. The van der Waals surface area contributed by atoms with Gasteiger partial charge in [-0.2, -0.15) is 4.31 Å². The molecule has 0 radical (unpaired) electrons. The van der Waals surface area contributed by atoms with Crippen LogP contribution in [0.2, 0.25) is 5.02 Å². The van der Waals surface area contributed by atoms with Crippen molar-refractivity contribution >= 4 is 33.4 Å². The zero-order valence-electron chi connectivity index (χ0n) is 17.3. The number of nitrogens with zero attached hydrogens (tertiary/aromatic N) is 1. The fraction of sp³-hybridized carbons (Fsp3) is 0.636. The van der Waals surface area contributed by atoms with Crippen LogP contribution in [0.3, 0.4) is 0 Å². The maximum Gasteiger partial charge on any atom is 0.248 e. The molecule has 9 heteroatoms. The van der Waals surface area contributed by atoms with E-state index < -0.39 is 22.0 Å². The Bertz CT molecular complexity index is 1000. The molecule has 6 rings (SSSR count). The highest BCUT2D eigenvalue weighted by Crippen LogP contribution is 2.53. The second-order valence-electron chi connectivity index (χ2n) is 9.75. The topological polar surface area (TPSA) is 110 Å². The van der Waals surface area contributed by atoms with Gasteiger partial charge in [0, 0.05) is 18.2 Å². The van der Waals surface area contributed by atoms with Crippen LogP contribution in [0, 0.1) is 23.7 Å². The minimum Gasteiger partial charge on any atom is -0.366 e. The summed E-state index contributed by atoms with van der Waals surface area (Å²) in [5.41, 5.74) is 5.39. The van der Waals surface area contributed by atoms with Crippen molar-refractivity contribution in [2.45, 2.75) is 61.9 Å². The van der Waals surface area contributed by atoms with Crippen LogP contribution in [0.1, 0.15) is 55.3 Å². The maximum absolute atomic E-state index is 13.3. The van der Waals surface area contributed by atoms with Gasteiger partial charge in [0.1, 0.15) is 10.9 Å². The number of rotatable bonds is 5. The molecule has 4 aliphatic carbocycles. The molecule has 2 amide bonds. The van der Waals surface area contributed by atoms with Crippen molar-refractivity contribution in [3.8, 4) is 0 Å². The molecule has 1 aliphatic heterocycles. The first-order valence-electron chi connectivity index (χ1n) is 11.2. The monoisotopic (exact) mass is 465 g/mol. The van der Waals surface area contributed by atoms with E-state index in [0.29, 0.717) is 24.7 Å². The van der Waals surface area contributed by atoms with E-state index in [1.807, 2.05) is 0 Å². The quantitative estimate of drug-likeness (QED) is 0.696. The standard InChI is InChI=1S/C22H28ClN3O4S/c23-17-11-14(21(24)27)3-4-19(17)31(29,30)26-5-1-2-18(26)22(28)25-20-15-7-12-6-13(9-15)10-16(20)8-12/h3-4,11-13,15-16,18,20H,1-2,5-10H2,(H2,24,27)(H,25,28). The van der Waals surface area contributed by atoms with Crippen molar-refractivity contribution in [2.24, 2.45) is 29.4 Å². The van der Waals surface area contributed by atoms with Crippen molar-refractivity contribution in [1.82, 2.24) is 9.62 Å². The lowest BCUT2D eigenvalue weighted by atomic mass is 9.54. The summed E-state index contributed by atoms with van der Waals surface area (Å²) in [5, 5.41) is 3.19. The second kappa shape index (κ2) is 7.74. The molecule has 31 heavy (non-hydrogen) atoms. The number of nitrogens with two attached hydrogens (primary N) is 1. The van der Waals surface area contributed by atoms with E-state index in [1.165, 1.54) is 54.6 Å². The highest BCUT2D eigenvalue weighted by atomic mass is 35.5. The van der Waals surface area contributed by atoms with Crippen LogP contribution in [0.15, 0.2) is 23.1 Å². The zero-order chi connectivity index (χ0) is 21.9. The number of benzene rings is 1. The number of carbonyl (C=O) groups excluding carboxylic acids is 2. The van der Waals surface area contributed by atoms with Gasteiger partial charge in [0.25, 0.3) is 0 Å². The third-order valence-electron chi connectivity index (χ3n) is 7.85. The molecule has 7 nitrogen and oxygen atoms in total. The summed E-state index contributed by atoms with van der Waals surface area (Å²) >= 11 is 6.19. The van der Waals surface area contributed by atoms with E-state index in [1.54, 1.807) is 0 Å². The first kappa shape index (κ1) is 21.2. The number of hydrogen-bond donors (Lipinski definition) is 2. The molecule has 1 saturated heterocycles. The molecule has 1 aromatic rings. The lowest BCUT2D eigenvalue weighted by molar-refractivity contribution is -0.128. The molecule has 4 bridgehead atoms. The number of sulfonamides is 1. The van der Waals surface area contributed by atoms with Gasteiger partial charge in [-0.3, -0.25) is 9.59 Å². The van der Waals surface area contributed by atoms with E-state index in [2.05, 4.69) is 5.32 Å². The highest BCUT2D eigenvalue weighted by molar-refractivity contribution is 7.89. The van der Waals surface area contributed by atoms with Crippen LogP contribution in [-0.4, -0.2) is 43.2 Å². The Balaban J connectivity index is 1.34. The van der Waals surface area contributed by atoms with Gasteiger partial charge in [-0.15, -0.1) is 0 Å². The molecule has 4 saturated carbocycles. The number of nitrogens with one attached hydrogen (secondary N) is 1. The van der Waals surface area contributed by atoms with Gasteiger partial charge in [0.05, 0.1) is 5.02 Å². The molecule has 168 valence electrons. The summed E-state index contributed by atoms with van der Waals surface area (Å²) in [4.78, 5) is 24.5. The fourth-order valence-corrected chi connectivity index (χ4v) is 8.88. The summed E-state index contributed by atoms with van der Waals surface area (Å²) < 4.78 is 27.9. The van der Waals surface area contributed by atoms with E-state index in [4.69, 9.17) is 17.3 Å². The largest absolute Gasteiger partial charge is 0.366 e. The van der Waals surface area contributed by atoms with Crippen LogP contribution in [0.4, 0.5) is 0 Å². The van der Waals surface area contributed by atoms with Crippen LogP contribution in [-0.2, 0) is 14.8 Å². The van der Waals surface area contributed by atoms with Gasteiger partial charge in [-0.1, -0.05) is 11.6 Å². The Kier molecular flexibility index (Phi) is 5.30. The molecule has 1 heterocycles. The smallest absolute Gasteiger partial charge is 0.248 e. The highest BCUT2D eigenvalue weighted by Gasteiger charge is 2.50. The van der Waals surface area contributed by atoms with Crippen LogP contribution < -0.4 is 11.1 Å². The number of halogens is 1. The number of hydrogen-bond acceptors (Lipinski definition) is 4. The summed E-state index contributed by atoms with van der Waals surface area (Å²) in [6, 6.07) is 3.35. The molecule has 1 unspecified atom stereocenters. The Morgan fingerprint density at radius 2 is 1.71 bits per heavy atom. The van der Waals surface area contributed by atoms with Gasteiger partial charge < -0.3 is 11.1 Å². The third kappa shape index (κ3) is 3.66. The lowest BCUT2D eigenvalue weighted by Crippen LogP contribution is -2.58. The third-order valence-corrected chi connectivity index (χ3v) is 10.2. The number of amides is 2. The predicted octanol–water partition coefficient (Wildman–Crippen LogP) is 2.53. The van der Waals surface area contributed by atoms with Gasteiger partial charge >= 0.3 is 0 Å². The Labute approximate surface area is 187 Å². The average Bonchev–Trinajstić information content (AvgIpc) is 3.20. The van der Waals surface area contributed by atoms with Crippen molar-refractivity contribution in [1.29, 1.82) is 0 Å². The van der Waals surface area contributed by atoms with Crippen LogP contribution >= 0.6 is 11.6 Å². The number of carbonyl (C=O) groups is 2. The Morgan fingerprint density at radius 1 is 1.06 bits per heavy atom. The van der Waals surface area contributed by atoms with Crippen LogP contribution in [0.25, 0.3) is 0 Å². The average molecular weight is 466 g/mol. The second-order valence-corrected chi connectivity index (χ2v) is 12.0. The Morgan fingerprint density at radius 3 is 2.29 bits per heavy atom. The molecule has 1 atom stereocenters. The molecule has 0 aromatic heterocycles. The van der Waals surface area contributed by atoms with E-state index in [-0.39, 0.29) is 34.0 Å². The van der Waals surface area contributed by atoms with E-state index in [9.17, 15) is 18.0 Å². The fourth-order valence-electron chi connectivity index (χ4n) is 6.70. The molecule has 3 N–H and O–H groups in total. The Hall–Kier alpha value is -1.64. The zero-order valence-corrected chi connectivity index (χ0v) is 18.9. The molecule has 0 spiro atoms. The summed E-state index contributed by atoms with van der Waals surface area (Å²) in [6.45, 7) is 0.274. The predicted molar refractivity (Wildman–Crippen MR) is 116 cm³/mol. The van der Waals surface area contributed by atoms with Crippen LogP contribution in [0.5, 0.6) is 0 Å². The van der Waals surface area contributed by atoms with Crippen molar-refractivity contribution in [2.75, 3.05) is 6.54 Å². The van der Waals surface area contributed by atoms with Gasteiger partial charge in [0.2, 0.25) is 21.8 Å². The van der Waals surface area contributed by atoms with Crippen molar-refractivity contribution in [3.63, 3.8) is 0 Å². The summed E-state index contributed by atoms with van der Waals surface area (Å²) in [6.07, 6.45) is 7.21. The van der Waals surface area contributed by atoms with E-state index in [0.717, 1.165) is 11.8 Å². The minimum atomic E-state index is -3.98. The molecular weight excluding hydrogens is 438 g/mol. The summed E-state index contributed by atoms with van der Waals surface area (Å²) in [7, 11) is -3.98. The van der Waals surface area contributed by atoms with Gasteiger partial charge in [-0.05, 0) is 86.8 Å². The van der Waals surface area contributed by atoms with Gasteiger partial charge in [-0.25, -0.2) is 8.42 Å². The molecular formula is C22H28ClN3O4S. The maximum atomic E-state index is 13.3. The van der Waals surface area contributed by atoms with E-state index >= 15 is 0 Å². The molecule has 1 aromatic carbocycles. The lowest BCUT2D eigenvalue weighted by Gasteiger charge is -2.54. The normalized spacial score (nSPS) is 34.7. The number of primary amides is 1. The first-order chi connectivity index (χ1) is 14.7. The first-order valence-corrected chi connectivity index (χ1v) is 13.0.